The summed E-state index contributed by atoms with van der Waals surface area (Å²) in [6.45, 7) is 4.00. The van der Waals surface area contributed by atoms with Crippen LogP contribution in [-0.2, 0) is 6.54 Å². The van der Waals surface area contributed by atoms with Crippen LogP contribution in [0.4, 0.5) is 21.5 Å². The second-order valence-electron chi connectivity index (χ2n) is 6.73. The van der Waals surface area contributed by atoms with Gasteiger partial charge in [-0.05, 0) is 37.1 Å². The fourth-order valence-electron chi connectivity index (χ4n) is 3.38. The van der Waals surface area contributed by atoms with Crippen molar-refractivity contribution < 1.29 is 13.6 Å². The van der Waals surface area contributed by atoms with Crippen molar-refractivity contribution in [2.75, 3.05) is 10.6 Å². The molecule has 0 fully saturated rings. The van der Waals surface area contributed by atoms with E-state index in [1.54, 1.807) is 6.07 Å². The van der Waals surface area contributed by atoms with Gasteiger partial charge in [-0.1, -0.05) is 13.0 Å². The molecule has 1 aliphatic rings. The normalized spacial score (nSPS) is 14.0. The minimum absolute atomic E-state index is 0.0567. The molecule has 2 heterocycles. The lowest BCUT2D eigenvalue weighted by Gasteiger charge is -2.21. The summed E-state index contributed by atoms with van der Waals surface area (Å²) in [5, 5.41) is 8.30. The highest BCUT2D eigenvalue weighted by Crippen LogP contribution is 2.33. The Balaban J connectivity index is 1.68. The number of anilines is 3. The molecular weight excluding hydrogens is 365 g/mol. The van der Waals surface area contributed by atoms with Gasteiger partial charge in [0, 0.05) is 6.54 Å². The van der Waals surface area contributed by atoms with Crippen LogP contribution < -0.4 is 26.8 Å². The average Bonchev–Trinajstić information content (AvgIpc) is 3.28. The van der Waals surface area contributed by atoms with Gasteiger partial charge in [-0.2, -0.15) is 0 Å². The van der Waals surface area contributed by atoms with E-state index in [-0.39, 0.29) is 35.2 Å². The second kappa shape index (κ2) is 6.63. The summed E-state index contributed by atoms with van der Waals surface area (Å²) in [5.74, 6) is 0.253. The van der Waals surface area contributed by atoms with E-state index >= 15 is 0 Å². The maximum Gasteiger partial charge on any atom is 0.254 e. The average molecular weight is 383 g/mol. The van der Waals surface area contributed by atoms with Crippen molar-refractivity contribution >= 4 is 23.0 Å². The number of hydrogen-bond donors (Lipinski definition) is 3. The molecular formula is C20H18FN3O4. The van der Waals surface area contributed by atoms with Gasteiger partial charge in [-0.25, -0.2) is 4.39 Å². The summed E-state index contributed by atoms with van der Waals surface area (Å²) in [6, 6.07) is 6.01. The zero-order valence-electron chi connectivity index (χ0n) is 15.3. The third kappa shape index (κ3) is 2.77. The van der Waals surface area contributed by atoms with Crippen molar-refractivity contribution in [3.05, 3.63) is 73.2 Å². The first-order valence-electron chi connectivity index (χ1n) is 8.93. The molecule has 7 nitrogen and oxygen atoms in total. The van der Waals surface area contributed by atoms with Crippen molar-refractivity contribution in [1.82, 2.24) is 5.32 Å². The van der Waals surface area contributed by atoms with E-state index < -0.39 is 22.6 Å². The number of carbonyl (C=O) groups is 1. The molecule has 0 bridgehead atoms. The molecule has 0 aliphatic carbocycles. The number of fused-ring (bicyclic) bond motifs is 1. The van der Waals surface area contributed by atoms with Crippen molar-refractivity contribution in [3.63, 3.8) is 0 Å². The standard InChI is InChI=1S/C20H18FN3O4/c1-3-12(13-7-4-9(2)28-13)23-16-17(19(26)18(16)25)24-15-11(21)6-5-10-8-22-20(27)14(10)15/h4-7,12,23-24H,3,8H2,1-2H3,(H,22,27)/t12-/m1/s1. The third-order valence-electron chi connectivity index (χ3n) is 4.90. The summed E-state index contributed by atoms with van der Waals surface area (Å²) in [6.07, 6.45) is 0.600. The van der Waals surface area contributed by atoms with Gasteiger partial charge in [0.05, 0.1) is 17.3 Å². The molecule has 3 aromatic rings. The van der Waals surface area contributed by atoms with E-state index in [9.17, 15) is 18.8 Å². The second-order valence-corrected chi connectivity index (χ2v) is 6.73. The van der Waals surface area contributed by atoms with Crippen molar-refractivity contribution in [2.24, 2.45) is 0 Å². The molecule has 3 N–H and O–H groups in total. The molecule has 0 saturated heterocycles. The minimum atomic E-state index is -0.761. The number of benzene rings is 1. The van der Waals surface area contributed by atoms with E-state index in [2.05, 4.69) is 16.0 Å². The topological polar surface area (TPSA) is 100 Å². The maximum atomic E-state index is 14.4. The molecule has 4 rings (SSSR count). The lowest BCUT2D eigenvalue weighted by molar-refractivity contribution is 0.0966. The fourth-order valence-corrected chi connectivity index (χ4v) is 3.38. The molecule has 1 aliphatic heterocycles. The Bertz CT molecular complexity index is 1160. The fraction of sp³-hybridized carbons (Fsp3) is 0.250. The van der Waals surface area contributed by atoms with Crippen LogP contribution in [0.2, 0.25) is 0 Å². The van der Waals surface area contributed by atoms with Crippen LogP contribution in [0.5, 0.6) is 0 Å². The summed E-state index contributed by atoms with van der Waals surface area (Å²) in [4.78, 5) is 36.3. The lowest BCUT2D eigenvalue weighted by atomic mass is 10.1. The van der Waals surface area contributed by atoms with Gasteiger partial charge >= 0.3 is 0 Å². The molecule has 0 unspecified atom stereocenters. The van der Waals surface area contributed by atoms with E-state index in [4.69, 9.17) is 4.42 Å². The predicted octanol–water partition coefficient (Wildman–Crippen LogP) is 2.87. The molecule has 1 aromatic heterocycles. The van der Waals surface area contributed by atoms with Crippen LogP contribution in [0.25, 0.3) is 0 Å². The number of amides is 1. The molecule has 28 heavy (non-hydrogen) atoms. The van der Waals surface area contributed by atoms with Gasteiger partial charge in [0.2, 0.25) is 0 Å². The van der Waals surface area contributed by atoms with Gasteiger partial charge in [-0.15, -0.1) is 0 Å². The van der Waals surface area contributed by atoms with Gasteiger partial charge in [0.1, 0.15) is 28.7 Å². The summed E-state index contributed by atoms with van der Waals surface area (Å²) >= 11 is 0. The highest BCUT2D eigenvalue weighted by atomic mass is 19.1. The van der Waals surface area contributed by atoms with Crippen LogP contribution in [-0.4, -0.2) is 5.91 Å². The number of nitrogens with one attached hydrogen (secondary N) is 3. The molecule has 1 amide bonds. The van der Waals surface area contributed by atoms with Crippen molar-refractivity contribution in [1.29, 1.82) is 0 Å². The van der Waals surface area contributed by atoms with E-state index in [1.165, 1.54) is 12.1 Å². The Morgan fingerprint density at radius 1 is 1.11 bits per heavy atom. The Kier molecular flexibility index (Phi) is 4.26. The first-order chi connectivity index (χ1) is 13.4. The van der Waals surface area contributed by atoms with Gasteiger partial charge in [0.15, 0.2) is 0 Å². The third-order valence-corrected chi connectivity index (χ3v) is 4.90. The summed E-state index contributed by atoms with van der Waals surface area (Å²) < 4.78 is 20.0. The summed E-state index contributed by atoms with van der Waals surface area (Å²) in [5.41, 5.74) is -0.790. The zero-order valence-corrected chi connectivity index (χ0v) is 15.3. The van der Waals surface area contributed by atoms with Gasteiger partial charge < -0.3 is 20.4 Å². The van der Waals surface area contributed by atoms with E-state index in [0.29, 0.717) is 17.7 Å². The van der Waals surface area contributed by atoms with Crippen LogP contribution in [0.15, 0.2) is 38.3 Å². The smallest absolute Gasteiger partial charge is 0.254 e. The number of hydrogen-bond acceptors (Lipinski definition) is 6. The SMILES string of the molecule is CC[C@@H](Nc1c(Nc2c(F)ccc3c2C(=O)NC3)c(=O)c1=O)c1ccc(C)o1. The Hall–Kier alpha value is -3.42. The Morgan fingerprint density at radius 2 is 1.86 bits per heavy atom. The maximum absolute atomic E-state index is 14.4. The zero-order chi connectivity index (χ0) is 20.0. The molecule has 0 saturated carbocycles. The highest BCUT2D eigenvalue weighted by Gasteiger charge is 2.29. The van der Waals surface area contributed by atoms with Crippen LogP contribution >= 0.6 is 0 Å². The first-order valence-corrected chi connectivity index (χ1v) is 8.93. The molecule has 144 valence electrons. The molecule has 1 atom stereocenters. The lowest BCUT2D eigenvalue weighted by Crippen LogP contribution is -2.37. The Labute approximate surface area is 159 Å². The van der Waals surface area contributed by atoms with Crippen LogP contribution in [0, 0.1) is 12.7 Å². The van der Waals surface area contributed by atoms with Crippen molar-refractivity contribution in [3.8, 4) is 0 Å². The van der Waals surface area contributed by atoms with Gasteiger partial charge in [-0.3, -0.25) is 14.4 Å². The number of aryl methyl sites for hydroxylation is 1. The molecule has 0 radical (unpaired) electrons. The number of furan rings is 1. The number of rotatable bonds is 6. The van der Waals surface area contributed by atoms with Crippen molar-refractivity contribution in [2.45, 2.75) is 32.9 Å². The number of halogens is 1. The summed E-state index contributed by atoms with van der Waals surface area (Å²) in [7, 11) is 0. The van der Waals surface area contributed by atoms with Crippen LogP contribution in [0.1, 0.15) is 46.8 Å². The largest absolute Gasteiger partial charge is 0.464 e. The van der Waals surface area contributed by atoms with Gasteiger partial charge in [0.25, 0.3) is 16.8 Å². The van der Waals surface area contributed by atoms with Crippen LogP contribution in [0.3, 0.4) is 0 Å². The quantitative estimate of drug-likeness (QED) is 0.566. The molecule has 8 heteroatoms. The molecule has 2 aromatic carbocycles. The monoisotopic (exact) mass is 383 g/mol. The number of carbonyl (C=O) groups excluding carboxylic acids is 1. The van der Waals surface area contributed by atoms with E-state index in [0.717, 1.165) is 5.76 Å². The Morgan fingerprint density at radius 3 is 2.54 bits per heavy atom. The minimum Gasteiger partial charge on any atom is -0.464 e. The highest BCUT2D eigenvalue weighted by molar-refractivity contribution is 6.04. The first kappa shape index (κ1) is 18.0. The van der Waals surface area contributed by atoms with E-state index in [1.807, 2.05) is 19.9 Å². The molecule has 0 spiro atoms. The predicted molar refractivity (Wildman–Crippen MR) is 102 cm³/mol.